The highest BCUT2D eigenvalue weighted by atomic mass is 32.1. The Morgan fingerprint density at radius 1 is 1.22 bits per heavy atom. The summed E-state index contributed by atoms with van der Waals surface area (Å²) in [5, 5.41) is 0.985. The summed E-state index contributed by atoms with van der Waals surface area (Å²) < 4.78 is 5.84. The van der Waals surface area contributed by atoms with E-state index in [1.165, 1.54) is 16.8 Å². The van der Waals surface area contributed by atoms with Crippen LogP contribution in [-0.2, 0) is 22.4 Å². The predicted molar refractivity (Wildman–Crippen MR) is 103 cm³/mol. The zero-order valence-corrected chi connectivity index (χ0v) is 16.5. The Labute approximate surface area is 162 Å². The van der Waals surface area contributed by atoms with Crippen molar-refractivity contribution in [2.75, 3.05) is 32.8 Å². The quantitative estimate of drug-likeness (QED) is 0.803. The van der Waals surface area contributed by atoms with E-state index in [1.807, 2.05) is 0 Å². The van der Waals surface area contributed by atoms with Crippen molar-refractivity contribution in [3.8, 4) is 5.88 Å². The summed E-state index contributed by atoms with van der Waals surface area (Å²) in [5.41, 5.74) is 1.30. The van der Waals surface area contributed by atoms with Gasteiger partial charge in [0.2, 0.25) is 11.8 Å². The van der Waals surface area contributed by atoms with E-state index in [1.54, 1.807) is 28.1 Å². The van der Waals surface area contributed by atoms with Crippen LogP contribution in [0, 0.1) is 5.92 Å². The highest BCUT2D eigenvalue weighted by Gasteiger charge is 2.25. The van der Waals surface area contributed by atoms with Crippen LogP contribution in [-0.4, -0.2) is 64.4 Å². The molecule has 27 heavy (non-hydrogen) atoms. The Morgan fingerprint density at radius 2 is 1.96 bits per heavy atom. The lowest BCUT2D eigenvalue weighted by molar-refractivity contribution is -0.139. The molecule has 0 radical (unpaired) electrons. The van der Waals surface area contributed by atoms with Crippen LogP contribution in [0.4, 0.5) is 0 Å². The van der Waals surface area contributed by atoms with E-state index in [0.717, 1.165) is 29.5 Å². The molecule has 2 amide bonds. The van der Waals surface area contributed by atoms with Crippen molar-refractivity contribution in [1.29, 1.82) is 0 Å². The van der Waals surface area contributed by atoms with Gasteiger partial charge in [0.05, 0.1) is 5.39 Å². The van der Waals surface area contributed by atoms with Crippen LogP contribution < -0.4 is 4.74 Å². The van der Waals surface area contributed by atoms with Gasteiger partial charge in [-0.15, -0.1) is 11.3 Å². The summed E-state index contributed by atoms with van der Waals surface area (Å²) in [6.45, 7) is 6.06. The number of amides is 2. The summed E-state index contributed by atoms with van der Waals surface area (Å²) >= 11 is 1.72. The van der Waals surface area contributed by atoms with E-state index < -0.39 is 0 Å². The third kappa shape index (κ3) is 3.63. The molecule has 1 atom stereocenters. The molecule has 1 aliphatic carbocycles. The van der Waals surface area contributed by atoms with Crippen LogP contribution in [0.25, 0.3) is 10.2 Å². The number of piperazine rings is 1. The van der Waals surface area contributed by atoms with E-state index in [-0.39, 0.29) is 18.4 Å². The molecule has 0 N–H and O–H groups in total. The molecule has 2 aliphatic rings. The molecule has 0 saturated carbocycles. The van der Waals surface area contributed by atoms with E-state index in [0.29, 0.717) is 38.0 Å². The summed E-state index contributed by atoms with van der Waals surface area (Å²) in [7, 11) is 0. The molecule has 1 aliphatic heterocycles. The number of aryl methyl sites for hydroxylation is 1. The molecule has 1 saturated heterocycles. The van der Waals surface area contributed by atoms with Gasteiger partial charge in [0.15, 0.2) is 6.61 Å². The maximum atomic E-state index is 12.5. The molecular weight excluding hydrogens is 364 g/mol. The van der Waals surface area contributed by atoms with Crippen LogP contribution in [0.2, 0.25) is 0 Å². The number of fused-ring (bicyclic) bond motifs is 3. The number of aromatic nitrogens is 2. The van der Waals surface area contributed by atoms with Gasteiger partial charge in [0.1, 0.15) is 11.2 Å². The van der Waals surface area contributed by atoms with Crippen LogP contribution in [0.15, 0.2) is 6.33 Å². The van der Waals surface area contributed by atoms with Crippen LogP contribution >= 0.6 is 11.3 Å². The molecule has 4 rings (SSSR count). The smallest absolute Gasteiger partial charge is 0.260 e. The molecular formula is C19H24N4O3S. The van der Waals surface area contributed by atoms with E-state index >= 15 is 0 Å². The summed E-state index contributed by atoms with van der Waals surface area (Å²) in [6, 6.07) is 0. The van der Waals surface area contributed by atoms with E-state index in [4.69, 9.17) is 4.74 Å². The van der Waals surface area contributed by atoms with E-state index in [2.05, 4.69) is 16.9 Å². The van der Waals surface area contributed by atoms with Crippen molar-refractivity contribution < 1.29 is 14.3 Å². The minimum atomic E-state index is -0.0670. The van der Waals surface area contributed by atoms with Crippen molar-refractivity contribution >= 4 is 33.4 Å². The topological polar surface area (TPSA) is 75.6 Å². The Morgan fingerprint density at radius 3 is 2.70 bits per heavy atom. The summed E-state index contributed by atoms with van der Waals surface area (Å²) in [6.07, 6.45) is 4.77. The lowest BCUT2D eigenvalue weighted by atomic mass is 9.89. The molecule has 1 fully saturated rings. The van der Waals surface area contributed by atoms with Gasteiger partial charge in [-0.25, -0.2) is 9.97 Å². The number of hydrogen-bond donors (Lipinski definition) is 0. The van der Waals surface area contributed by atoms with Crippen LogP contribution in [0.5, 0.6) is 5.88 Å². The maximum Gasteiger partial charge on any atom is 0.260 e. The Bertz CT molecular complexity index is 873. The zero-order valence-electron chi connectivity index (χ0n) is 15.7. The largest absolute Gasteiger partial charge is 0.467 e. The Balaban J connectivity index is 1.45. The average molecular weight is 388 g/mol. The van der Waals surface area contributed by atoms with Crippen molar-refractivity contribution in [2.45, 2.75) is 33.1 Å². The lowest BCUT2D eigenvalue weighted by Gasteiger charge is -2.34. The van der Waals surface area contributed by atoms with Crippen LogP contribution in [0.3, 0.4) is 0 Å². The monoisotopic (exact) mass is 388 g/mol. The second kappa shape index (κ2) is 7.42. The van der Waals surface area contributed by atoms with Gasteiger partial charge < -0.3 is 14.5 Å². The fourth-order valence-corrected chi connectivity index (χ4v) is 5.19. The van der Waals surface area contributed by atoms with Gasteiger partial charge in [-0.05, 0) is 30.7 Å². The van der Waals surface area contributed by atoms with Crippen molar-refractivity contribution in [1.82, 2.24) is 19.8 Å². The molecule has 1 unspecified atom stereocenters. The number of carbonyl (C=O) groups excluding carboxylic acids is 2. The zero-order chi connectivity index (χ0) is 19.0. The average Bonchev–Trinajstić information content (AvgIpc) is 3.04. The van der Waals surface area contributed by atoms with Crippen molar-refractivity contribution in [3.05, 3.63) is 16.8 Å². The van der Waals surface area contributed by atoms with Crippen molar-refractivity contribution in [3.63, 3.8) is 0 Å². The fourth-order valence-electron chi connectivity index (χ4n) is 3.85. The maximum absolute atomic E-state index is 12.5. The highest BCUT2D eigenvalue weighted by Crippen LogP contribution is 2.40. The van der Waals surface area contributed by atoms with Crippen LogP contribution in [0.1, 0.15) is 30.7 Å². The normalized spacial score (nSPS) is 19.9. The first-order valence-electron chi connectivity index (χ1n) is 9.44. The minimum Gasteiger partial charge on any atom is -0.467 e. The lowest BCUT2D eigenvalue weighted by Crippen LogP contribution is -2.51. The van der Waals surface area contributed by atoms with E-state index in [9.17, 15) is 9.59 Å². The molecule has 0 aromatic carbocycles. The SMILES string of the molecule is CC(=O)N1CCN(C(=O)COc2ncnc3sc4c(c23)CCC(C)C4)CC1. The van der Waals surface area contributed by atoms with Crippen molar-refractivity contribution in [2.24, 2.45) is 5.92 Å². The Kier molecular flexibility index (Phi) is 4.99. The standard InChI is InChI=1S/C19H24N4O3S/c1-12-3-4-14-15(9-12)27-19-17(14)18(20-11-21-19)26-10-16(25)23-7-5-22(6-8-23)13(2)24/h11-12H,3-10H2,1-2H3. The summed E-state index contributed by atoms with van der Waals surface area (Å²) in [4.78, 5) is 38.5. The third-order valence-electron chi connectivity index (χ3n) is 5.47. The number of rotatable bonds is 3. The first-order valence-corrected chi connectivity index (χ1v) is 10.3. The number of hydrogen-bond acceptors (Lipinski definition) is 6. The highest BCUT2D eigenvalue weighted by molar-refractivity contribution is 7.18. The Hall–Kier alpha value is -2.22. The fraction of sp³-hybridized carbons (Fsp3) is 0.579. The van der Waals surface area contributed by atoms with Gasteiger partial charge in [-0.2, -0.15) is 0 Å². The number of carbonyl (C=O) groups is 2. The van der Waals surface area contributed by atoms with Gasteiger partial charge in [-0.3, -0.25) is 9.59 Å². The molecule has 7 nitrogen and oxygen atoms in total. The number of nitrogens with zero attached hydrogens (tertiary/aromatic N) is 4. The predicted octanol–water partition coefficient (Wildman–Crippen LogP) is 1.89. The van der Waals surface area contributed by atoms with Gasteiger partial charge in [0, 0.05) is 38.0 Å². The molecule has 2 aromatic rings. The second-order valence-electron chi connectivity index (χ2n) is 7.39. The molecule has 144 valence electrons. The first-order chi connectivity index (χ1) is 13.0. The molecule has 0 bridgehead atoms. The second-order valence-corrected chi connectivity index (χ2v) is 8.47. The van der Waals surface area contributed by atoms with Gasteiger partial charge >= 0.3 is 0 Å². The van der Waals surface area contributed by atoms with Gasteiger partial charge in [-0.1, -0.05) is 6.92 Å². The molecule has 2 aromatic heterocycles. The first kappa shape index (κ1) is 18.2. The summed E-state index contributed by atoms with van der Waals surface area (Å²) in [5.74, 6) is 1.20. The minimum absolute atomic E-state index is 0.0345. The number of ether oxygens (including phenoxy) is 1. The van der Waals surface area contributed by atoms with Gasteiger partial charge in [0.25, 0.3) is 5.91 Å². The number of thiophene rings is 1. The molecule has 0 spiro atoms. The third-order valence-corrected chi connectivity index (χ3v) is 6.63. The molecule has 8 heteroatoms. The molecule has 3 heterocycles.